The number of sulfone groups is 1. The predicted molar refractivity (Wildman–Crippen MR) is 63.2 cm³/mol. The van der Waals surface area contributed by atoms with E-state index in [0.717, 1.165) is 0 Å². The van der Waals surface area contributed by atoms with Crippen molar-refractivity contribution < 1.29 is 21.6 Å². The first kappa shape index (κ1) is 15.7. The third-order valence-corrected chi connectivity index (χ3v) is 4.67. The summed E-state index contributed by atoms with van der Waals surface area (Å²) in [5, 5.41) is 3.07. The summed E-state index contributed by atoms with van der Waals surface area (Å²) < 4.78 is 58.7. The van der Waals surface area contributed by atoms with Crippen molar-refractivity contribution in [3.8, 4) is 0 Å². The maximum Gasteiger partial charge on any atom is 0.390 e. The summed E-state index contributed by atoms with van der Waals surface area (Å²) in [4.78, 5) is 1.58. The average molecular weight is 288 g/mol. The molecule has 0 aromatic heterocycles. The number of nitrogens with zero attached hydrogens (tertiary/aromatic N) is 1. The molecule has 0 amide bonds. The zero-order valence-electron chi connectivity index (χ0n) is 10.3. The lowest BCUT2D eigenvalue weighted by molar-refractivity contribution is -0.137. The summed E-state index contributed by atoms with van der Waals surface area (Å²) >= 11 is 0. The van der Waals surface area contributed by atoms with Crippen molar-refractivity contribution in [3.63, 3.8) is 0 Å². The van der Waals surface area contributed by atoms with Crippen molar-refractivity contribution in [2.75, 3.05) is 38.2 Å². The molecule has 1 heterocycles. The first-order valence-electron chi connectivity index (χ1n) is 5.87. The number of hydrogen-bond donors (Lipinski definition) is 1. The number of halogens is 3. The van der Waals surface area contributed by atoms with Crippen LogP contribution in [0.5, 0.6) is 0 Å². The highest BCUT2D eigenvalue weighted by molar-refractivity contribution is 7.91. The monoisotopic (exact) mass is 288 g/mol. The van der Waals surface area contributed by atoms with Crippen molar-refractivity contribution in [1.82, 2.24) is 10.2 Å². The average Bonchev–Trinajstić information content (AvgIpc) is 2.21. The molecule has 1 atom stereocenters. The van der Waals surface area contributed by atoms with Gasteiger partial charge < -0.3 is 10.2 Å². The second kappa shape index (κ2) is 6.21. The van der Waals surface area contributed by atoms with E-state index in [9.17, 15) is 21.6 Å². The van der Waals surface area contributed by atoms with Crippen LogP contribution in [-0.2, 0) is 9.84 Å². The van der Waals surface area contributed by atoms with E-state index in [1.165, 1.54) is 0 Å². The van der Waals surface area contributed by atoms with Crippen LogP contribution in [0.4, 0.5) is 13.2 Å². The smallest absolute Gasteiger partial charge is 0.312 e. The molecule has 1 unspecified atom stereocenters. The van der Waals surface area contributed by atoms with Gasteiger partial charge in [0, 0.05) is 19.1 Å². The van der Waals surface area contributed by atoms with Gasteiger partial charge >= 0.3 is 6.18 Å². The van der Waals surface area contributed by atoms with E-state index in [1.54, 1.807) is 11.9 Å². The van der Waals surface area contributed by atoms with Gasteiger partial charge in [0.15, 0.2) is 9.84 Å². The summed E-state index contributed by atoms with van der Waals surface area (Å²) in [7, 11) is -1.36. The van der Waals surface area contributed by atoms with Crippen molar-refractivity contribution >= 4 is 9.84 Å². The van der Waals surface area contributed by atoms with E-state index in [-0.39, 0.29) is 24.1 Å². The summed E-state index contributed by atoms with van der Waals surface area (Å²) in [6.07, 6.45) is -4.42. The number of rotatable bonds is 5. The van der Waals surface area contributed by atoms with Gasteiger partial charge in [-0.2, -0.15) is 13.2 Å². The summed E-state index contributed by atoms with van der Waals surface area (Å²) in [5.74, 6) is 0.230. The van der Waals surface area contributed by atoms with Gasteiger partial charge in [-0.25, -0.2) is 8.42 Å². The number of alkyl halides is 3. The molecule has 1 aliphatic rings. The molecule has 0 spiro atoms. The lowest BCUT2D eigenvalue weighted by Gasteiger charge is -2.26. The third kappa shape index (κ3) is 6.55. The molecule has 0 aliphatic carbocycles. The topological polar surface area (TPSA) is 49.4 Å². The summed E-state index contributed by atoms with van der Waals surface area (Å²) in [6.45, 7) is 0.839. The predicted octanol–water partition coefficient (Wildman–Crippen LogP) is 0.647. The molecule has 0 saturated carbocycles. The van der Waals surface area contributed by atoms with Gasteiger partial charge in [0.25, 0.3) is 0 Å². The van der Waals surface area contributed by atoms with Gasteiger partial charge in [0.2, 0.25) is 0 Å². The third-order valence-electron chi connectivity index (χ3n) is 2.94. The van der Waals surface area contributed by atoms with Gasteiger partial charge in [-0.1, -0.05) is 0 Å². The molecule has 1 N–H and O–H groups in total. The first-order chi connectivity index (χ1) is 8.18. The zero-order valence-corrected chi connectivity index (χ0v) is 11.1. The second-order valence-corrected chi connectivity index (χ2v) is 6.95. The van der Waals surface area contributed by atoms with Crippen molar-refractivity contribution in [3.05, 3.63) is 0 Å². The fraction of sp³-hybridized carbons (Fsp3) is 1.00. The molecule has 108 valence electrons. The lowest BCUT2D eigenvalue weighted by Crippen LogP contribution is -2.46. The Labute approximate surface area is 105 Å². The minimum Gasteiger partial charge on any atom is -0.312 e. The molecule has 1 fully saturated rings. The zero-order chi connectivity index (χ0) is 13.8. The highest BCUT2D eigenvalue weighted by atomic mass is 32.2. The van der Waals surface area contributed by atoms with Crippen LogP contribution in [0.3, 0.4) is 0 Å². The van der Waals surface area contributed by atoms with E-state index in [2.05, 4.69) is 5.32 Å². The van der Waals surface area contributed by atoms with E-state index in [1.807, 2.05) is 0 Å². The Kier molecular flexibility index (Phi) is 5.42. The van der Waals surface area contributed by atoms with Crippen LogP contribution in [0.1, 0.15) is 12.8 Å². The van der Waals surface area contributed by atoms with Gasteiger partial charge in [-0.3, -0.25) is 0 Å². The van der Waals surface area contributed by atoms with Crippen LogP contribution in [0, 0.1) is 0 Å². The van der Waals surface area contributed by atoms with E-state index < -0.39 is 22.4 Å². The van der Waals surface area contributed by atoms with Gasteiger partial charge in [0.05, 0.1) is 17.9 Å². The van der Waals surface area contributed by atoms with Gasteiger partial charge in [-0.15, -0.1) is 0 Å². The fourth-order valence-corrected chi connectivity index (χ4v) is 3.35. The first-order valence-corrected chi connectivity index (χ1v) is 7.69. The van der Waals surface area contributed by atoms with Crippen molar-refractivity contribution in [1.29, 1.82) is 0 Å². The standard InChI is InChI=1S/C10H19F3N2O2S/c1-15(6-3-10(11,12)13)5-2-9-8-18(16,17)7-4-14-9/h9,14H,2-8H2,1H3. The molecular weight excluding hydrogens is 269 g/mol. The van der Waals surface area contributed by atoms with E-state index >= 15 is 0 Å². The quantitative estimate of drug-likeness (QED) is 0.807. The molecule has 1 aliphatic heterocycles. The molecule has 8 heteroatoms. The number of nitrogens with one attached hydrogen (secondary N) is 1. The molecule has 18 heavy (non-hydrogen) atoms. The summed E-state index contributed by atoms with van der Waals surface area (Å²) in [6, 6.07) is -0.142. The van der Waals surface area contributed by atoms with Crippen LogP contribution in [0.15, 0.2) is 0 Å². The van der Waals surface area contributed by atoms with Crippen molar-refractivity contribution in [2.24, 2.45) is 0 Å². The maximum absolute atomic E-state index is 12.0. The Balaban J connectivity index is 2.24. The highest BCUT2D eigenvalue weighted by Gasteiger charge is 2.28. The Morgan fingerprint density at radius 2 is 2.00 bits per heavy atom. The number of hydrogen-bond acceptors (Lipinski definition) is 4. The molecule has 0 radical (unpaired) electrons. The van der Waals surface area contributed by atoms with E-state index in [4.69, 9.17) is 0 Å². The molecule has 0 bridgehead atoms. The Bertz CT molecular complexity index is 357. The normalized spacial score (nSPS) is 24.4. The SMILES string of the molecule is CN(CCC1CS(=O)(=O)CCN1)CCC(F)(F)F. The molecule has 1 saturated heterocycles. The molecular formula is C10H19F3N2O2S. The summed E-state index contributed by atoms with van der Waals surface area (Å²) in [5.41, 5.74) is 0. The minimum atomic E-state index is -4.14. The second-order valence-electron chi connectivity index (χ2n) is 4.72. The Morgan fingerprint density at radius 1 is 1.33 bits per heavy atom. The molecule has 4 nitrogen and oxygen atoms in total. The van der Waals surface area contributed by atoms with Gasteiger partial charge in [0.1, 0.15) is 0 Å². The van der Waals surface area contributed by atoms with Crippen LogP contribution in [0.2, 0.25) is 0 Å². The van der Waals surface area contributed by atoms with Crippen LogP contribution in [0.25, 0.3) is 0 Å². The molecule has 0 aromatic carbocycles. The largest absolute Gasteiger partial charge is 0.390 e. The van der Waals surface area contributed by atoms with Gasteiger partial charge in [-0.05, 0) is 20.0 Å². The van der Waals surface area contributed by atoms with Crippen molar-refractivity contribution in [2.45, 2.75) is 25.1 Å². The van der Waals surface area contributed by atoms with Crippen LogP contribution < -0.4 is 5.32 Å². The molecule has 1 rings (SSSR count). The van der Waals surface area contributed by atoms with Crippen LogP contribution >= 0.6 is 0 Å². The minimum absolute atomic E-state index is 0.0526. The fourth-order valence-electron chi connectivity index (χ4n) is 1.86. The van der Waals surface area contributed by atoms with E-state index in [0.29, 0.717) is 19.5 Å². The lowest BCUT2D eigenvalue weighted by atomic mass is 10.2. The highest BCUT2D eigenvalue weighted by Crippen LogP contribution is 2.19. The van der Waals surface area contributed by atoms with Crippen LogP contribution in [-0.4, -0.2) is 63.7 Å². The maximum atomic E-state index is 12.0. The Hall–Kier alpha value is -0.340. The molecule has 0 aromatic rings. The Morgan fingerprint density at radius 3 is 2.56 bits per heavy atom.